The molecule has 0 aliphatic carbocycles. The number of nitrogens with zero attached hydrogens (tertiary/aromatic N) is 3. The van der Waals surface area contributed by atoms with Crippen molar-refractivity contribution < 1.29 is 30.1 Å². The number of aromatic nitrogens is 3. The van der Waals surface area contributed by atoms with Gasteiger partial charge in [-0.3, -0.25) is 19.4 Å². The predicted molar refractivity (Wildman–Crippen MR) is 122 cm³/mol. The van der Waals surface area contributed by atoms with Gasteiger partial charge in [-0.15, -0.1) is 0 Å². The molecule has 2 aromatic rings. The maximum atomic E-state index is 13.1. The molecule has 11 nitrogen and oxygen atoms in total. The second-order valence-electron chi connectivity index (χ2n) is 7.66. The number of amides is 2. The van der Waals surface area contributed by atoms with E-state index in [1.54, 1.807) is 52.2 Å². The monoisotopic (exact) mass is 474 g/mol. The van der Waals surface area contributed by atoms with Gasteiger partial charge in [-0.25, -0.2) is 9.48 Å². The molecule has 0 fully saturated rings. The summed E-state index contributed by atoms with van der Waals surface area (Å²) in [6.07, 6.45) is 5.76. The quantitative estimate of drug-likeness (QED) is 0.440. The molecule has 0 aromatic carbocycles. The molecule has 0 bridgehead atoms. The van der Waals surface area contributed by atoms with Gasteiger partial charge in [0.15, 0.2) is 1.41 Å². The Hall–Kier alpha value is -3.76. The zero-order chi connectivity index (χ0) is 26.0. The maximum absolute atomic E-state index is 13.1. The van der Waals surface area contributed by atoms with E-state index in [-0.39, 0.29) is 31.6 Å². The molecule has 0 spiro atoms. The summed E-state index contributed by atoms with van der Waals surface area (Å²) in [6, 6.07) is 1.12. The van der Waals surface area contributed by atoms with Crippen LogP contribution in [0, 0.1) is 5.92 Å². The fourth-order valence-corrected chi connectivity index (χ4v) is 3.02. The van der Waals surface area contributed by atoms with Crippen LogP contribution in [-0.2, 0) is 23.9 Å². The number of hydrogen-bond acceptors (Lipinski definition) is 8. The Balaban J connectivity index is 2.16. The van der Waals surface area contributed by atoms with Crippen LogP contribution in [-0.4, -0.2) is 63.8 Å². The van der Waals surface area contributed by atoms with Crippen LogP contribution in [0.3, 0.4) is 0 Å². The van der Waals surface area contributed by atoms with Crippen LogP contribution in [0.25, 0.3) is 5.69 Å². The number of carbonyl (C=O) groups excluding carboxylic acids is 4. The Morgan fingerprint density at radius 3 is 2.50 bits per heavy atom. The standard InChI is InChI=1S/C23H31N5O6/c1-5-33-19(29)10-9-18(23(32)34-6-2)26-22(31)20(15(3)4)27-21(30)16-12-25-28(14-16)17-8-7-11-24-13-17/h7-8,11-15,18,20H,5-6,9-10H2,1-4H3,(H,26,31)(H,27,30)/t18-,20-/m0/s1/i/hD. The molecule has 0 saturated carbocycles. The molecule has 0 aliphatic heterocycles. The lowest BCUT2D eigenvalue weighted by molar-refractivity contribution is -0.149. The van der Waals surface area contributed by atoms with Gasteiger partial charge in [0.25, 0.3) is 5.91 Å². The molecule has 2 N–H and O–H groups in total. The number of ether oxygens (including phenoxy) is 2. The third-order valence-electron chi connectivity index (χ3n) is 4.73. The second-order valence-corrected chi connectivity index (χ2v) is 7.66. The Morgan fingerprint density at radius 2 is 1.88 bits per heavy atom. The number of hydrogen-bond donors (Lipinski definition) is 2. The zero-order valence-electron chi connectivity index (χ0n) is 20.8. The lowest BCUT2D eigenvalue weighted by Gasteiger charge is -2.24. The molecule has 2 rings (SSSR count). The Kier molecular flexibility index (Phi) is 9.56. The molecular formula is C23H31N5O6. The minimum atomic E-state index is -1.22. The number of nitrogens with one attached hydrogen (secondary N) is 2. The van der Waals surface area contributed by atoms with Gasteiger partial charge in [-0.1, -0.05) is 13.8 Å². The van der Waals surface area contributed by atoms with Crippen molar-refractivity contribution in [2.75, 3.05) is 13.2 Å². The highest BCUT2D eigenvalue weighted by molar-refractivity contribution is 5.98. The minimum absolute atomic E-state index is 0.0436. The molecule has 2 atom stereocenters. The van der Waals surface area contributed by atoms with E-state index in [0.29, 0.717) is 11.0 Å². The van der Waals surface area contributed by atoms with Crippen molar-refractivity contribution in [1.29, 1.82) is 0 Å². The molecule has 0 aliphatic rings. The molecule has 0 radical (unpaired) electrons. The molecule has 0 unspecified atom stereocenters. The number of rotatable bonds is 12. The van der Waals surface area contributed by atoms with E-state index >= 15 is 0 Å². The molecule has 2 amide bonds. The van der Waals surface area contributed by atoms with Crippen LogP contribution in [0.15, 0.2) is 36.9 Å². The van der Waals surface area contributed by atoms with Gasteiger partial charge in [0.2, 0.25) is 5.91 Å². The molecule has 2 heterocycles. The fraction of sp³-hybridized carbons (Fsp3) is 0.478. The Morgan fingerprint density at radius 1 is 1.15 bits per heavy atom. The molecule has 11 heteroatoms. The van der Waals surface area contributed by atoms with Crippen molar-refractivity contribution in [3.8, 4) is 5.69 Å². The van der Waals surface area contributed by atoms with E-state index in [9.17, 15) is 19.2 Å². The van der Waals surface area contributed by atoms with Crippen LogP contribution in [0.1, 0.15) is 50.9 Å². The van der Waals surface area contributed by atoms with Crippen LogP contribution in [0.2, 0.25) is 1.41 Å². The van der Waals surface area contributed by atoms with Gasteiger partial charge in [0, 0.05) is 18.8 Å². The minimum Gasteiger partial charge on any atom is -0.466 e. The van der Waals surface area contributed by atoms with Gasteiger partial charge in [0.1, 0.15) is 12.1 Å². The third kappa shape index (κ3) is 7.68. The van der Waals surface area contributed by atoms with Crippen LogP contribution < -0.4 is 10.6 Å². The number of pyridine rings is 1. The van der Waals surface area contributed by atoms with Gasteiger partial charge in [-0.2, -0.15) is 5.10 Å². The molecule has 184 valence electrons. The topological polar surface area (TPSA) is 142 Å². The molecule has 34 heavy (non-hydrogen) atoms. The normalized spacial score (nSPS) is 12.9. The maximum Gasteiger partial charge on any atom is 0.328 e. The summed E-state index contributed by atoms with van der Waals surface area (Å²) in [6.45, 7) is 6.91. The lowest BCUT2D eigenvalue weighted by atomic mass is 10.0. The molecular weight excluding hydrogens is 442 g/mol. The second kappa shape index (κ2) is 13.1. The average molecular weight is 475 g/mol. The van der Waals surface area contributed by atoms with Crippen LogP contribution in [0.4, 0.5) is 0 Å². The van der Waals surface area contributed by atoms with Crippen molar-refractivity contribution in [2.45, 2.75) is 52.6 Å². The average Bonchev–Trinajstić information content (AvgIpc) is 3.32. The Bertz CT molecular complexity index is 1010. The fourth-order valence-electron chi connectivity index (χ4n) is 3.02. The van der Waals surface area contributed by atoms with E-state index in [1.165, 1.54) is 17.1 Å². The summed E-state index contributed by atoms with van der Waals surface area (Å²) < 4.78 is 19.7. The summed E-state index contributed by atoms with van der Waals surface area (Å²) >= 11 is 0. The van der Waals surface area contributed by atoms with E-state index in [0.717, 1.165) is 0 Å². The zero-order valence-corrected chi connectivity index (χ0v) is 19.8. The van der Waals surface area contributed by atoms with Crippen molar-refractivity contribution >= 4 is 23.8 Å². The lowest BCUT2D eigenvalue weighted by Crippen LogP contribution is -2.54. The van der Waals surface area contributed by atoms with Crippen LogP contribution in [0.5, 0.6) is 0 Å². The van der Waals surface area contributed by atoms with Crippen molar-refractivity contribution in [3.63, 3.8) is 0 Å². The summed E-state index contributed by atoms with van der Waals surface area (Å²) in [7, 11) is 0. The van der Waals surface area contributed by atoms with Gasteiger partial charge >= 0.3 is 11.9 Å². The molecule has 0 saturated heterocycles. The van der Waals surface area contributed by atoms with Gasteiger partial charge in [-0.05, 0) is 38.3 Å². The third-order valence-corrected chi connectivity index (χ3v) is 4.73. The highest BCUT2D eigenvalue weighted by Crippen LogP contribution is 2.10. The van der Waals surface area contributed by atoms with Gasteiger partial charge < -0.3 is 20.1 Å². The first-order valence-electron chi connectivity index (χ1n) is 11.5. The number of esters is 2. The highest BCUT2D eigenvalue weighted by atomic mass is 16.5. The largest absolute Gasteiger partial charge is 0.466 e. The van der Waals surface area contributed by atoms with Crippen molar-refractivity contribution in [2.24, 2.45) is 5.92 Å². The van der Waals surface area contributed by atoms with Crippen LogP contribution >= 0.6 is 0 Å². The van der Waals surface area contributed by atoms with E-state index in [1.807, 2.05) is 0 Å². The smallest absolute Gasteiger partial charge is 0.328 e. The van der Waals surface area contributed by atoms with Gasteiger partial charge in [0.05, 0.1) is 36.9 Å². The highest BCUT2D eigenvalue weighted by Gasteiger charge is 2.30. The van der Waals surface area contributed by atoms with E-state index < -0.39 is 41.8 Å². The first-order chi connectivity index (χ1) is 16.7. The molecule has 2 aromatic heterocycles. The predicted octanol–water partition coefficient (Wildman–Crippen LogP) is 1.41. The SMILES string of the molecule is [2H]N(C(=O)c1cnn(-c2cccnc2)c1)[C@H](C(=O)N[C@@H](CCC(=O)OCC)C(=O)OCC)C(C)C. The summed E-state index contributed by atoms with van der Waals surface area (Å²) in [5.41, 5.74) is 0.728. The van der Waals surface area contributed by atoms with Crippen molar-refractivity contribution in [3.05, 3.63) is 42.5 Å². The first-order valence-corrected chi connectivity index (χ1v) is 11.1. The van der Waals surface area contributed by atoms with E-state index in [4.69, 9.17) is 10.9 Å². The summed E-state index contributed by atoms with van der Waals surface area (Å²) in [4.78, 5) is 54.2. The summed E-state index contributed by atoms with van der Waals surface area (Å²) in [5, 5.41) is 7.23. The first kappa shape index (κ1) is 24.9. The Labute approximate surface area is 199 Å². The summed E-state index contributed by atoms with van der Waals surface area (Å²) in [5.74, 6) is -3.15. The van der Waals surface area contributed by atoms with E-state index in [2.05, 4.69) is 15.4 Å². The van der Waals surface area contributed by atoms with Crippen molar-refractivity contribution in [1.82, 2.24) is 25.4 Å². The number of carbonyl (C=O) groups is 4.